The molecule has 0 atom stereocenters. The Kier molecular flexibility index (Phi) is 3.10. The van der Waals surface area contributed by atoms with Crippen LogP contribution in [-0.4, -0.2) is 27.9 Å². The van der Waals surface area contributed by atoms with E-state index >= 15 is 0 Å². The maximum absolute atomic E-state index is 11.6. The first-order valence-electron chi connectivity index (χ1n) is 6.34. The Morgan fingerprint density at radius 1 is 1.42 bits per heavy atom. The maximum Gasteiger partial charge on any atom is 0.266 e. The van der Waals surface area contributed by atoms with Gasteiger partial charge in [-0.15, -0.1) is 11.3 Å². The summed E-state index contributed by atoms with van der Waals surface area (Å²) in [5, 5.41) is 5.19. The average Bonchev–Trinajstić information content (AvgIpc) is 2.65. The minimum Gasteiger partial charge on any atom is -0.347 e. The molecule has 0 spiro atoms. The van der Waals surface area contributed by atoms with E-state index in [4.69, 9.17) is 0 Å². The lowest BCUT2D eigenvalue weighted by molar-refractivity contribution is 0.334. The number of nitrogens with zero attached hydrogens (tertiary/aromatic N) is 4. The molecule has 3 heterocycles. The molecular weight excluding hydrogens is 260 g/mol. The first-order valence-corrected chi connectivity index (χ1v) is 7.16. The molecule has 0 unspecified atom stereocenters. The van der Waals surface area contributed by atoms with Crippen LogP contribution in [0.3, 0.4) is 0 Å². The zero-order valence-corrected chi connectivity index (χ0v) is 11.9. The summed E-state index contributed by atoms with van der Waals surface area (Å²) in [6.07, 6.45) is 1.66. The van der Waals surface area contributed by atoms with Gasteiger partial charge in [-0.1, -0.05) is 0 Å². The van der Waals surface area contributed by atoms with Crippen molar-refractivity contribution in [3.05, 3.63) is 39.3 Å². The highest BCUT2D eigenvalue weighted by Crippen LogP contribution is 2.30. The molecule has 100 valence electrons. The molecule has 0 bridgehead atoms. The minimum atomic E-state index is -0.0260. The second kappa shape index (κ2) is 4.77. The second-order valence-electron chi connectivity index (χ2n) is 4.95. The van der Waals surface area contributed by atoms with Crippen molar-refractivity contribution in [2.45, 2.75) is 20.4 Å². The third kappa shape index (κ3) is 2.40. The summed E-state index contributed by atoms with van der Waals surface area (Å²) in [7, 11) is 0. The number of aromatic nitrogens is 3. The molecule has 5 nitrogen and oxygen atoms in total. The molecule has 0 amide bonds. The molecule has 0 aliphatic carbocycles. The Morgan fingerprint density at radius 2 is 2.21 bits per heavy atom. The lowest BCUT2D eigenvalue weighted by atomic mass is 10.0. The summed E-state index contributed by atoms with van der Waals surface area (Å²) in [5.74, 6) is 0.483. The normalized spacial score (nSPS) is 15.6. The van der Waals surface area contributed by atoms with E-state index in [1.54, 1.807) is 34.3 Å². The molecule has 1 aliphatic heterocycles. The fraction of sp³-hybridized carbons (Fsp3) is 0.462. The van der Waals surface area contributed by atoms with Crippen molar-refractivity contribution in [3.8, 4) is 0 Å². The fourth-order valence-corrected chi connectivity index (χ4v) is 3.13. The quantitative estimate of drug-likeness (QED) is 0.851. The predicted octanol–water partition coefficient (Wildman–Crippen LogP) is 1.45. The monoisotopic (exact) mass is 276 g/mol. The largest absolute Gasteiger partial charge is 0.347 e. The summed E-state index contributed by atoms with van der Waals surface area (Å²) in [5.41, 5.74) is 1.09. The topological polar surface area (TPSA) is 51.0 Å². The Hall–Kier alpha value is -1.69. The van der Waals surface area contributed by atoms with E-state index in [9.17, 15) is 4.79 Å². The smallest absolute Gasteiger partial charge is 0.266 e. The summed E-state index contributed by atoms with van der Waals surface area (Å²) in [4.78, 5) is 19.7. The van der Waals surface area contributed by atoms with E-state index in [1.807, 2.05) is 6.92 Å². The van der Waals surface area contributed by atoms with Crippen molar-refractivity contribution in [3.63, 3.8) is 0 Å². The number of hydrogen-bond donors (Lipinski definition) is 0. The highest BCUT2D eigenvalue weighted by atomic mass is 32.1. The van der Waals surface area contributed by atoms with Gasteiger partial charge in [0.15, 0.2) is 5.13 Å². The SMILES string of the molecule is Cc1nc(N2CC(Cn3ncccc3=O)C2)sc1C. The van der Waals surface area contributed by atoms with Crippen LogP contribution in [0.4, 0.5) is 5.13 Å². The number of anilines is 1. The van der Waals surface area contributed by atoms with Crippen LogP contribution in [0.25, 0.3) is 0 Å². The van der Waals surface area contributed by atoms with E-state index in [0.717, 1.165) is 23.9 Å². The molecule has 1 saturated heterocycles. The molecular formula is C13H16N4OS. The van der Waals surface area contributed by atoms with Crippen LogP contribution in [0, 0.1) is 19.8 Å². The van der Waals surface area contributed by atoms with Crippen molar-refractivity contribution in [2.24, 2.45) is 5.92 Å². The molecule has 3 rings (SSSR count). The van der Waals surface area contributed by atoms with Crippen LogP contribution in [-0.2, 0) is 6.54 Å². The summed E-state index contributed by atoms with van der Waals surface area (Å²) in [6, 6.07) is 3.23. The Balaban J connectivity index is 1.61. The third-order valence-corrected chi connectivity index (χ3v) is 4.60. The van der Waals surface area contributed by atoms with Gasteiger partial charge in [0.05, 0.1) is 12.2 Å². The maximum atomic E-state index is 11.6. The Morgan fingerprint density at radius 3 is 2.84 bits per heavy atom. The number of hydrogen-bond acceptors (Lipinski definition) is 5. The van der Waals surface area contributed by atoms with Crippen LogP contribution >= 0.6 is 11.3 Å². The van der Waals surface area contributed by atoms with E-state index in [0.29, 0.717) is 12.5 Å². The molecule has 0 aromatic carbocycles. The van der Waals surface area contributed by atoms with Gasteiger partial charge in [0.1, 0.15) is 0 Å². The molecule has 1 fully saturated rings. The molecule has 19 heavy (non-hydrogen) atoms. The lowest BCUT2D eigenvalue weighted by Crippen LogP contribution is -2.49. The van der Waals surface area contributed by atoms with Crippen molar-refractivity contribution < 1.29 is 0 Å². The molecule has 0 saturated carbocycles. The van der Waals surface area contributed by atoms with Gasteiger partial charge >= 0.3 is 0 Å². The number of thiazole rings is 1. The van der Waals surface area contributed by atoms with Gasteiger partial charge in [-0.3, -0.25) is 4.79 Å². The summed E-state index contributed by atoms with van der Waals surface area (Å²) in [6.45, 7) is 6.74. The predicted molar refractivity (Wildman–Crippen MR) is 75.8 cm³/mol. The van der Waals surface area contributed by atoms with Crippen LogP contribution in [0.2, 0.25) is 0 Å². The van der Waals surface area contributed by atoms with Crippen molar-refractivity contribution in [1.82, 2.24) is 14.8 Å². The standard InChI is InChI=1S/C13H16N4OS/c1-9-10(2)19-13(15-9)16-6-11(7-16)8-17-12(18)4-3-5-14-17/h3-5,11H,6-8H2,1-2H3. The van der Waals surface area contributed by atoms with Gasteiger partial charge in [-0.25, -0.2) is 9.67 Å². The van der Waals surface area contributed by atoms with Crippen LogP contribution in [0.1, 0.15) is 10.6 Å². The molecule has 2 aromatic rings. The highest BCUT2D eigenvalue weighted by Gasteiger charge is 2.29. The molecule has 1 aliphatic rings. The van der Waals surface area contributed by atoms with Gasteiger partial charge in [0.2, 0.25) is 0 Å². The van der Waals surface area contributed by atoms with Crippen molar-refractivity contribution in [1.29, 1.82) is 0 Å². The van der Waals surface area contributed by atoms with Gasteiger partial charge in [0.25, 0.3) is 5.56 Å². The van der Waals surface area contributed by atoms with E-state index in [1.165, 1.54) is 4.88 Å². The van der Waals surface area contributed by atoms with Gasteiger partial charge in [-0.05, 0) is 19.9 Å². The van der Waals surface area contributed by atoms with Crippen LogP contribution in [0.5, 0.6) is 0 Å². The molecule has 6 heteroatoms. The van der Waals surface area contributed by atoms with Crippen molar-refractivity contribution in [2.75, 3.05) is 18.0 Å². The van der Waals surface area contributed by atoms with Gasteiger partial charge < -0.3 is 4.90 Å². The van der Waals surface area contributed by atoms with E-state index in [2.05, 4.69) is 21.9 Å². The summed E-state index contributed by atoms with van der Waals surface area (Å²) < 4.78 is 1.54. The number of rotatable bonds is 3. The lowest BCUT2D eigenvalue weighted by Gasteiger charge is -2.39. The summed E-state index contributed by atoms with van der Waals surface area (Å²) >= 11 is 1.74. The van der Waals surface area contributed by atoms with E-state index < -0.39 is 0 Å². The van der Waals surface area contributed by atoms with E-state index in [-0.39, 0.29) is 5.56 Å². The first kappa shape index (κ1) is 12.3. The third-order valence-electron chi connectivity index (χ3n) is 3.46. The molecule has 0 N–H and O–H groups in total. The second-order valence-corrected chi connectivity index (χ2v) is 6.13. The van der Waals surface area contributed by atoms with Crippen LogP contribution in [0.15, 0.2) is 23.1 Å². The Bertz CT molecular complexity index is 623. The first-order chi connectivity index (χ1) is 9.13. The zero-order chi connectivity index (χ0) is 13.4. The van der Waals surface area contributed by atoms with Gasteiger partial charge in [-0.2, -0.15) is 5.10 Å². The molecule has 0 radical (unpaired) electrons. The fourth-order valence-electron chi connectivity index (χ4n) is 2.20. The highest BCUT2D eigenvalue weighted by molar-refractivity contribution is 7.15. The molecule has 2 aromatic heterocycles. The van der Waals surface area contributed by atoms with Gasteiger partial charge in [0, 0.05) is 36.1 Å². The minimum absolute atomic E-state index is 0.0260. The van der Waals surface area contributed by atoms with Crippen LogP contribution < -0.4 is 10.5 Å². The zero-order valence-electron chi connectivity index (χ0n) is 11.0. The number of aryl methyl sites for hydroxylation is 2. The van der Waals surface area contributed by atoms with Crippen molar-refractivity contribution >= 4 is 16.5 Å². The Labute approximate surface area is 115 Å². The average molecular weight is 276 g/mol.